The van der Waals surface area contributed by atoms with Crippen LogP contribution in [0.2, 0.25) is 0 Å². The Morgan fingerprint density at radius 1 is 1.60 bits per heavy atom. The molecule has 0 aromatic carbocycles. The van der Waals surface area contributed by atoms with Gasteiger partial charge >= 0.3 is 5.97 Å². The van der Waals surface area contributed by atoms with Gasteiger partial charge in [0, 0.05) is 19.6 Å². The number of hydrogen-bond donors (Lipinski definition) is 3. The molecule has 1 rings (SSSR count). The lowest BCUT2D eigenvalue weighted by atomic mass is 9.88. The summed E-state index contributed by atoms with van der Waals surface area (Å²) in [5.41, 5.74) is -0.258. The van der Waals surface area contributed by atoms with E-state index in [0.717, 1.165) is 13.1 Å². The van der Waals surface area contributed by atoms with E-state index in [4.69, 9.17) is 9.84 Å². The SMILES string of the molecule is CC(C)OCCNC1(CC(=O)O)CNC1. The van der Waals surface area contributed by atoms with E-state index in [1.807, 2.05) is 13.8 Å². The molecule has 0 radical (unpaired) electrons. The van der Waals surface area contributed by atoms with Crippen LogP contribution in [0.1, 0.15) is 20.3 Å². The van der Waals surface area contributed by atoms with Crippen molar-refractivity contribution in [1.82, 2.24) is 10.6 Å². The van der Waals surface area contributed by atoms with Gasteiger partial charge in [-0.25, -0.2) is 0 Å². The second-order valence-corrected chi connectivity index (χ2v) is 4.30. The molecule has 3 N–H and O–H groups in total. The van der Waals surface area contributed by atoms with Gasteiger partial charge in [0.2, 0.25) is 0 Å². The van der Waals surface area contributed by atoms with Crippen LogP contribution in [-0.4, -0.2) is 49.0 Å². The number of carboxylic acids is 1. The predicted octanol–water partition coefficient (Wildman–Crippen LogP) is -0.182. The van der Waals surface area contributed by atoms with Gasteiger partial charge in [-0.15, -0.1) is 0 Å². The summed E-state index contributed by atoms with van der Waals surface area (Å²) in [5, 5.41) is 15.1. The molecule has 15 heavy (non-hydrogen) atoms. The molecule has 1 aliphatic rings. The monoisotopic (exact) mass is 216 g/mol. The third-order valence-corrected chi connectivity index (χ3v) is 2.47. The van der Waals surface area contributed by atoms with E-state index in [9.17, 15) is 4.79 Å². The second kappa shape index (κ2) is 5.44. The average Bonchev–Trinajstić information content (AvgIpc) is 2.06. The van der Waals surface area contributed by atoms with Gasteiger partial charge in [-0.05, 0) is 13.8 Å². The molecule has 1 heterocycles. The van der Waals surface area contributed by atoms with Crippen LogP contribution >= 0.6 is 0 Å². The molecule has 0 spiro atoms. The third-order valence-electron chi connectivity index (χ3n) is 2.47. The summed E-state index contributed by atoms with van der Waals surface area (Å²) >= 11 is 0. The maximum atomic E-state index is 10.6. The Bertz CT molecular complexity index is 215. The minimum absolute atomic E-state index is 0.168. The maximum Gasteiger partial charge on any atom is 0.305 e. The molecule has 0 amide bonds. The van der Waals surface area contributed by atoms with Crippen molar-refractivity contribution in [2.75, 3.05) is 26.2 Å². The van der Waals surface area contributed by atoms with Crippen molar-refractivity contribution in [3.8, 4) is 0 Å². The van der Waals surface area contributed by atoms with E-state index in [1.165, 1.54) is 0 Å². The van der Waals surface area contributed by atoms with Crippen LogP contribution in [0.15, 0.2) is 0 Å². The fourth-order valence-corrected chi connectivity index (χ4v) is 1.64. The molecule has 0 bridgehead atoms. The highest BCUT2D eigenvalue weighted by Gasteiger charge is 2.38. The first-order valence-electron chi connectivity index (χ1n) is 5.33. The number of rotatable bonds is 7. The highest BCUT2D eigenvalue weighted by Crippen LogP contribution is 2.15. The van der Waals surface area contributed by atoms with E-state index in [0.29, 0.717) is 13.2 Å². The highest BCUT2D eigenvalue weighted by molar-refractivity contribution is 5.68. The number of nitrogens with one attached hydrogen (secondary N) is 2. The van der Waals surface area contributed by atoms with Gasteiger partial charge < -0.3 is 20.5 Å². The van der Waals surface area contributed by atoms with Gasteiger partial charge in [-0.2, -0.15) is 0 Å². The van der Waals surface area contributed by atoms with Gasteiger partial charge in [0.15, 0.2) is 0 Å². The van der Waals surface area contributed by atoms with Crippen LogP contribution in [0.25, 0.3) is 0 Å². The van der Waals surface area contributed by atoms with Gasteiger partial charge in [0.25, 0.3) is 0 Å². The minimum atomic E-state index is -0.756. The molecule has 5 heteroatoms. The van der Waals surface area contributed by atoms with Crippen LogP contribution in [0.4, 0.5) is 0 Å². The standard InChI is InChI=1S/C10H20N2O3/c1-8(2)15-4-3-12-10(5-9(13)14)6-11-7-10/h8,11-12H,3-7H2,1-2H3,(H,13,14). The van der Waals surface area contributed by atoms with Crippen LogP contribution in [0.5, 0.6) is 0 Å². The lowest BCUT2D eigenvalue weighted by molar-refractivity contribution is -0.139. The Hall–Kier alpha value is -0.650. The summed E-state index contributed by atoms with van der Waals surface area (Å²) < 4.78 is 5.38. The van der Waals surface area contributed by atoms with Crippen molar-refractivity contribution in [3.63, 3.8) is 0 Å². The van der Waals surface area contributed by atoms with E-state index < -0.39 is 5.97 Å². The lowest BCUT2D eigenvalue weighted by Gasteiger charge is -2.42. The summed E-state index contributed by atoms with van der Waals surface area (Å²) in [4.78, 5) is 10.6. The van der Waals surface area contributed by atoms with Crippen molar-refractivity contribution < 1.29 is 14.6 Å². The Morgan fingerprint density at radius 3 is 2.67 bits per heavy atom. The molecule has 1 saturated heterocycles. The normalized spacial score (nSPS) is 18.9. The quantitative estimate of drug-likeness (QED) is 0.515. The number of aliphatic carboxylic acids is 1. The van der Waals surface area contributed by atoms with Crippen LogP contribution < -0.4 is 10.6 Å². The first-order valence-corrected chi connectivity index (χ1v) is 5.33. The first kappa shape index (κ1) is 12.4. The van der Waals surface area contributed by atoms with Crippen LogP contribution in [-0.2, 0) is 9.53 Å². The van der Waals surface area contributed by atoms with Crippen molar-refractivity contribution in [2.24, 2.45) is 0 Å². The topological polar surface area (TPSA) is 70.6 Å². The summed E-state index contributed by atoms with van der Waals surface area (Å²) in [5.74, 6) is -0.756. The van der Waals surface area contributed by atoms with E-state index in [2.05, 4.69) is 10.6 Å². The van der Waals surface area contributed by atoms with Gasteiger partial charge in [-0.3, -0.25) is 4.79 Å². The largest absolute Gasteiger partial charge is 0.481 e. The Kier molecular flexibility index (Phi) is 4.50. The molecule has 1 fully saturated rings. The van der Waals surface area contributed by atoms with E-state index in [1.54, 1.807) is 0 Å². The zero-order chi connectivity index (χ0) is 11.3. The van der Waals surface area contributed by atoms with Gasteiger partial charge in [0.1, 0.15) is 0 Å². The molecular formula is C10H20N2O3. The molecule has 0 unspecified atom stereocenters. The van der Waals surface area contributed by atoms with Gasteiger partial charge in [0.05, 0.1) is 24.7 Å². The molecular weight excluding hydrogens is 196 g/mol. The Morgan fingerprint density at radius 2 is 2.27 bits per heavy atom. The maximum absolute atomic E-state index is 10.6. The first-order chi connectivity index (χ1) is 7.04. The lowest BCUT2D eigenvalue weighted by Crippen LogP contribution is -2.68. The van der Waals surface area contributed by atoms with Crippen molar-refractivity contribution in [2.45, 2.75) is 31.9 Å². The number of hydrogen-bond acceptors (Lipinski definition) is 4. The van der Waals surface area contributed by atoms with Crippen molar-refractivity contribution in [1.29, 1.82) is 0 Å². The minimum Gasteiger partial charge on any atom is -0.481 e. The van der Waals surface area contributed by atoms with Crippen LogP contribution in [0, 0.1) is 0 Å². The predicted molar refractivity (Wildman–Crippen MR) is 56.9 cm³/mol. The molecule has 0 atom stereocenters. The number of ether oxygens (including phenoxy) is 1. The second-order valence-electron chi connectivity index (χ2n) is 4.30. The fraction of sp³-hybridized carbons (Fsp3) is 0.900. The average molecular weight is 216 g/mol. The molecule has 5 nitrogen and oxygen atoms in total. The van der Waals surface area contributed by atoms with E-state index >= 15 is 0 Å². The third kappa shape index (κ3) is 4.15. The molecule has 0 aliphatic carbocycles. The molecule has 1 aliphatic heterocycles. The highest BCUT2D eigenvalue weighted by atomic mass is 16.5. The number of carbonyl (C=O) groups is 1. The fourth-order valence-electron chi connectivity index (χ4n) is 1.64. The zero-order valence-corrected chi connectivity index (χ0v) is 9.38. The summed E-state index contributed by atoms with van der Waals surface area (Å²) in [7, 11) is 0. The van der Waals surface area contributed by atoms with Crippen molar-refractivity contribution in [3.05, 3.63) is 0 Å². The smallest absolute Gasteiger partial charge is 0.305 e. The molecule has 0 aromatic heterocycles. The Balaban J connectivity index is 2.19. The van der Waals surface area contributed by atoms with Gasteiger partial charge in [-0.1, -0.05) is 0 Å². The van der Waals surface area contributed by atoms with Crippen molar-refractivity contribution >= 4 is 5.97 Å². The number of carboxylic acid groups (broad SMARTS) is 1. The summed E-state index contributed by atoms with van der Waals surface area (Å²) in [6, 6.07) is 0. The molecule has 0 saturated carbocycles. The molecule has 0 aromatic rings. The molecule has 88 valence electrons. The van der Waals surface area contributed by atoms with E-state index in [-0.39, 0.29) is 18.1 Å². The summed E-state index contributed by atoms with van der Waals surface area (Å²) in [6.45, 7) is 6.74. The van der Waals surface area contributed by atoms with Crippen LogP contribution in [0.3, 0.4) is 0 Å². The Labute approximate surface area is 90.2 Å². The zero-order valence-electron chi connectivity index (χ0n) is 9.38. The summed E-state index contributed by atoms with van der Waals surface area (Å²) in [6.07, 6.45) is 0.392.